The Bertz CT molecular complexity index is 152. The van der Waals surface area contributed by atoms with E-state index in [0.717, 1.165) is 19.3 Å². The zero-order valence-corrected chi connectivity index (χ0v) is 5.92. The van der Waals surface area contributed by atoms with E-state index < -0.39 is 0 Å². The van der Waals surface area contributed by atoms with Gasteiger partial charge in [0.05, 0.1) is 6.04 Å². The topological polar surface area (TPSA) is 55.4 Å². The van der Waals surface area contributed by atoms with Crippen LogP contribution in [0.1, 0.15) is 25.7 Å². The van der Waals surface area contributed by atoms with Crippen molar-refractivity contribution in [1.82, 2.24) is 0 Å². The molecule has 0 aromatic heterocycles. The number of hydrogen-bond acceptors (Lipinski definition) is 3. The smallest absolute Gasteiger partial charge is 0.235 e. The molecule has 1 rings (SSSR count). The second kappa shape index (κ2) is 3.49. The average molecular weight is 140 g/mol. The van der Waals surface area contributed by atoms with Gasteiger partial charge >= 0.3 is 0 Å². The number of aliphatic imine (C=N–C) groups is 1. The monoisotopic (exact) mass is 140 g/mol. The molecule has 3 heteroatoms. The number of isocyanates is 1. The molecule has 0 saturated heterocycles. The lowest BCUT2D eigenvalue weighted by molar-refractivity contribution is 0.384. The molecule has 0 amide bonds. The van der Waals surface area contributed by atoms with Crippen LogP contribution in [0.4, 0.5) is 0 Å². The number of carbonyl (C=O) groups excluding carboxylic acids is 1. The molecule has 1 aliphatic rings. The predicted molar refractivity (Wildman–Crippen MR) is 38.4 cm³/mol. The summed E-state index contributed by atoms with van der Waals surface area (Å²) in [6, 6.07) is 0.140. The van der Waals surface area contributed by atoms with Gasteiger partial charge in [-0.1, -0.05) is 12.8 Å². The van der Waals surface area contributed by atoms with Crippen molar-refractivity contribution in [2.75, 3.05) is 0 Å². The van der Waals surface area contributed by atoms with Gasteiger partial charge in [-0.3, -0.25) is 0 Å². The van der Waals surface area contributed by atoms with Gasteiger partial charge in [0, 0.05) is 6.04 Å². The largest absolute Gasteiger partial charge is 0.326 e. The first-order valence-electron chi connectivity index (χ1n) is 3.67. The van der Waals surface area contributed by atoms with Crippen molar-refractivity contribution in [1.29, 1.82) is 0 Å². The summed E-state index contributed by atoms with van der Waals surface area (Å²) in [7, 11) is 0. The van der Waals surface area contributed by atoms with Crippen molar-refractivity contribution < 1.29 is 4.79 Å². The minimum atomic E-state index is 0.0475. The maximum absolute atomic E-state index is 9.87. The second-order valence-corrected chi connectivity index (χ2v) is 2.74. The summed E-state index contributed by atoms with van der Waals surface area (Å²) in [5.41, 5.74) is 5.69. The Morgan fingerprint density at radius 3 is 2.70 bits per heavy atom. The van der Waals surface area contributed by atoms with Crippen molar-refractivity contribution in [3.63, 3.8) is 0 Å². The van der Waals surface area contributed by atoms with E-state index in [1.54, 1.807) is 6.08 Å². The lowest BCUT2D eigenvalue weighted by atomic mass is 9.92. The third-order valence-electron chi connectivity index (χ3n) is 2.00. The van der Waals surface area contributed by atoms with Gasteiger partial charge in [-0.25, -0.2) is 9.79 Å². The first kappa shape index (κ1) is 7.45. The number of nitrogens with zero attached hydrogens (tertiary/aromatic N) is 1. The zero-order valence-electron chi connectivity index (χ0n) is 5.92. The summed E-state index contributed by atoms with van der Waals surface area (Å²) in [4.78, 5) is 13.5. The van der Waals surface area contributed by atoms with Crippen LogP contribution >= 0.6 is 0 Å². The van der Waals surface area contributed by atoms with Crippen molar-refractivity contribution in [3.8, 4) is 0 Å². The molecule has 2 N–H and O–H groups in total. The molecular formula is C7H12N2O. The predicted octanol–water partition coefficient (Wildman–Crippen LogP) is 0.592. The maximum atomic E-state index is 9.87. The SMILES string of the molecule is N[C@H]1CCCC[C@H]1N=C=O. The van der Waals surface area contributed by atoms with Gasteiger partial charge in [-0.05, 0) is 12.8 Å². The Morgan fingerprint density at radius 1 is 1.40 bits per heavy atom. The van der Waals surface area contributed by atoms with Crippen LogP contribution in [-0.4, -0.2) is 18.2 Å². The lowest BCUT2D eigenvalue weighted by Crippen LogP contribution is -2.35. The van der Waals surface area contributed by atoms with Gasteiger partial charge in [-0.2, -0.15) is 0 Å². The Balaban J connectivity index is 2.47. The van der Waals surface area contributed by atoms with E-state index in [9.17, 15) is 4.79 Å². The van der Waals surface area contributed by atoms with Crippen molar-refractivity contribution in [2.45, 2.75) is 37.8 Å². The third kappa shape index (κ3) is 1.66. The molecule has 0 aliphatic heterocycles. The lowest BCUT2D eigenvalue weighted by Gasteiger charge is -2.23. The van der Waals surface area contributed by atoms with E-state index in [0.29, 0.717) is 0 Å². The fraction of sp³-hybridized carbons (Fsp3) is 0.857. The fourth-order valence-corrected chi connectivity index (χ4v) is 1.37. The van der Waals surface area contributed by atoms with Gasteiger partial charge in [0.25, 0.3) is 0 Å². The number of rotatable bonds is 1. The summed E-state index contributed by atoms with van der Waals surface area (Å²) in [5.74, 6) is 0. The first-order valence-corrected chi connectivity index (χ1v) is 3.67. The summed E-state index contributed by atoms with van der Waals surface area (Å²) in [5, 5.41) is 0. The van der Waals surface area contributed by atoms with Crippen LogP contribution in [0.25, 0.3) is 0 Å². The fourth-order valence-electron chi connectivity index (χ4n) is 1.37. The van der Waals surface area contributed by atoms with Crippen LogP contribution in [0, 0.1) is 0 Å². The van der Waals surface area contributed by atoms with Gasteiger partial charge in [0.15, 0.2) is 0 Å². The minimum Gasteiger partial charge on any atom is -0.326 e. The molecule has 3 nitrogen and oxygen atoms in total. The van der Waals surface area contributed by atoms with Gasteiger partial charge in [-0.15, -0.1) is 0 Å². The Kier molecular flexibility index (Phi) is 2.60. The molecule has 10 heavy (non-hydrogen) atoms. The van der Waals surface area contributed by atoms with E-state index in [1.807, 2.05) is 0 Å². The van der Waals surface area contributed by atoms with Crippen LogP contribution in [0.5, 0.6) is 0 Å². The summed E-state index contributed by atoms with van der Waals surface area (Å²) >= 11 is 0. The van der Waals surface area contributed by atoms with Crippen molar-refractivity contribution >= 4 is 6.08 Å². The molecule has 0 spiro atoms. The molecule has 1 saturated carbocycles. The van der Waals surface area contributed by atoms with Gasteiger partial charge < -0.3 is 5.73 Å². The average Bonchev–Trinajstić information content (AvgIpc) is 1.94. The van der Waals surface area contributed by atoms with E-state index >= 15 is 0 Å². The summed E-state index contributed by atoms with van der Waals surface area (Å²) in [6.45, 7) is 0. The highest BCUT2D eigenvalue weighted by Crippen LogP contribution is 2.18. The molecule has 56 valence electrons. The molecule has 0 radical (unpaired) electrons. The normalized spacial score (nSPS) is 32.9. The molecule has 1 fully saturated rings. The Morgan fingerprint density at radius 2 is 2.10 bits per heavy atom. The highest BCUT2D eigenvalue weighted by Gasteiger charge is 2.20. The summed E-state index contributed by atoms with van der Waals surface area (Å²) < 4.78 is 0. The van der Waals surface area contributed by atoms with E-state index in [4.69, 9.17) is 5.73 Å². The summed E-state index contributed by atoms with van der Waals surface area (Å²) in [6.07, 6.45) is 5.83. The Hall–Kier alpha value is -0.660. The molecule has 1 aliphatic carbocycles. The van der Waals surface area contributed by atoms with Crippen LogP contribution in [0.3, 0.4) is 0 Å². The molecule has 0 heterocycles. The first-order chi connectivity index (χ1) is 4.84. The van der Waals surface area contributed by atoms with Gasteiger partial charge in [0.2, 0.25) is 6.08 Å². The highest BCUT2D eigenvalue weighted by atomic mass is 16.1. The number of nitrogens with two attached hydrogens (primary N) is 1. The van der Waals surface area contributed by atoms with E-state index in [1.165, 1.54) is 6.42 Å². The van der Waals surface area contributed by atoms with Crippen molar-refractivity contribution in [3.05, 3.63) is 0 Å². The van der Waals surface area contributed by atoms with Gasteiger partial charge in [0.1, 0.15) is 0 Å². The minimum absolute atomic E-state index is 0.0475. The molecule has 0 bridgehead atoms. The highest BCUT2D eigenvalue weighted by molar-refractivity contribution is 5.33. The van der Waals surface area contributed by atoms with Crippen LogP contribution in [0.15, 0.2) is 4.99 Å². The number of hydrogen-bond donors (Lipinski definition) is 1. The zero-order chi connectivity index (χ0) is 7.40. The van der Waals surface area contributed by atoms with E-state index in [-0.39, 0.29) is 12.1 Å². The standard InChI is InChI=1S/C7H12N2O/c8-6-3-1-2-4-7(6)9-5-10/h6-7H,1-4,8H2/t6-,7+/m0/s1. The van der Waals surface area contributed by atoms with Crippen LogP contribution in [0.2, 0.25) is 0 Å². The van der Waals surface area contributed by atoms with Crippen molar-refractivity contribution in [2.24, 2.45) is 10.7 Å². The molecule has 0 aromatic carbocycles. The maximum Gasteiger partial charge on any atom is 0.235 e. The van der Waals surface area contributed by atoms with Crippen LogP contribution < -0.4 is 5.73 Å². The van der Waals surface area contributed by atoms with E-state index in [2.05, 4.69) is 4.99 Å². The molecular weight excluding hydrogens is 128 g/mol. The van der Waals surface area contributed by atoms with Crippen LogP contribution in [-0.2, 0) is 4.79 Å². The molecule has 2 atom stereocenters. The Labute approximate surface area is 60.3 Å². The third-order valence-corrected chi connectivity index (χ3v) is 2.00. The molecule has 0 unspecified atom stereocenters. The molecule has 0 aromatic rings. The quantitative estimate of drug-likeness (QED) is 0.428. The second-order valence-electron chi connectivity index (χ2n) is 2.74.